The predicted molar refractivity (Wildman–Crippen MR) is 139 cm³/mol. The molecule has 1 aromatic heterocycles. The van der Waals surface area contributed by atoms with Crippen molar-refractivity contribution in [2.75, 3.05) is 36.9 Å². The number of hydrogen-bond donors (Lipinski definition) is 2. The van der Waals surface area contributed by atoms with Crippen LogP contribution in [0.1, 0.15) is 46.1 Å². The van der Waals surface area contributed by atoms with Crippen LogP contribution >= 0.6 is 0 Å². The quantitative estimate of drug-likeness (QED) is 0.490. The maximum atomic E-state index is 12.1. The number of hydrogen-bond acceptors (Lipinski definition) is 8. The van der Waals surface area contributed by atoms with Gasteiger partial charge in [-0.2, -0.15) is 0 Å². The molecule has 1 fully saturated rings. The van der Waals surface area contributed by atoms with Crippen molar-refractivity contribution in [2.45, 2.75) is 52.2 Å². The molecule has 0 aliphatic carbocycles. The number of anilines is 3. The monoisotopic (exact) mass is 503 g/mol. The zero-order chi connectivity index (χ0) is 25.6. The summed E-state index contributed by atoms with van der Waals surface area (Å²) in [6.07, 6.45) is 4.00. The first-order valence-corrected chi connectivity index (χ1v) is 13.1. The Bertz CT molecular complexity index is 1000. The minimum absolute atomic E-state index is 0.195. The summed E-state index contributed by atoms with van der Waals surface area (Å²) in [4.78, 5) is 28.5. The maximum Gasteiger partial charge on any atom is 0.330 e. The van der Waals surface area contributed by atoms with Crippen LogP contribution in [-0.2, 0) is 27.1 Å². The van der Waals surface area contributed by atoms with Crippen molar-refractivity contribution in [1.82, 2.24) is 15.0 Å². The Balaban J connectivity index is 1.51. The predicted octanol–water partition coefficient (Wildman–Crippen LogP) is 4.03. The van der Waals surface area contributed by atoms with Crippen molar-refractivity contribution in [3.05, 3.63) is 42.2 Å². The van der Waals surface area contributed by atoms with Crippen LogP contribution in [0.3, 0.4) is 0 Å². The Labute approximate surface area is 210 Å². The lowest BCUT2D eigenvalue weighted by Crippen LogP contribution is -2.41. The molecule has 0 saturated carbocycles. The van der Waals surface area contributed by atoms with Gasteiger partial charge in [0.2, 0.25) is 0 Å². The van der Waals surface area contributed by atoms with Gasteiger partial charge in [0.15, 0.2) is 11.1 Å². The molecule has 192 valence electrons. The molecule has 2 heterocycles. The smallest absolute Gasteiger partial charge is 0.330 e. The third kappa shape index (κ3) is 8.26. The minimum Gasteiger partial charge on any atom is -0.367 e. The van der Waals surface area contributed by atoms with E-state index in [0.717, 1.165) is 49.5 Å². The number of nitrogens with one attached hydrogen (secondary N) is 1. The normalized spacial score (nSPS) is 17.0. The fourth-order valence-corrected chi connectivity index (χ4v) is 4.15. The van der Waals surface area contributed by atoms with Crippen LogP contribution in [-0.4, -0.2) is 61.7 Å². The van der Waals surface area contributed by atoms with Gasteiger partial charge in [-0.1, -0.05) is 12.1 Å². The fourth-order valence-electron chi connectivity index (χ4n) is 3.82. The number of carbonyl (C=O) groups excluding carboxylic acids is 1. The van der Waals surface area contributed by atoms with Crippen LogP contribution in [0.2, 0.25) is 0 Å². The number of hydroxylamine groups is 2. The Morgan fingerprint density at radius 2 is 1.91 bits per heavy atom. The molecule has 3 rings (SSSR count). The van der Waals surface area contributed by atoms with Crippen LogP contribution in [0.25, 0.3) is 0 Å². The SMILES string of the molecule is CC(Cc1ccc(Nc2cc(N(C)CC3CCN(OC(=O)C(C)(C)C)CC3)ncn2)cc1)S(=O)O. The van der Waals surface area contributed by atoms with Gasteiger partial charge >= 0.3 is 5.97 Å². The summed E-state index contributed by atoms with van der Waals surface area (Å²) in [6, 6.07) is 9.70. The second kappa shape index (κ2) is 11.9. The van der Waals surface area contributed by atoms with E-state index in [4.69, 9.17) is 4.84 Å². The van der Waals surface area contributed by atoms with Gasteiger partial charge in [-0.3, -0.25) is 0 Å². The minimum atomic E-state index is -1.83. The van der Waals surface area contributed by atoms with Crippen LogP contribution in [0.5, 0.6) is 0 Å². The van der Waals surface area contributed by atoms with Gasteiger partial charge in [-0.15, -0.1) is 5.06 Å². The molecule has 0 bridgehead atoms. The van der Waals surface area contributed by atoms with E-state index in [-0.39, 0.29) is 11.2 Å². The van der Waals surface area contributed by atoms with E-state index in [9.17, 15) is 13.6 Å². The topological polar surface area (TPSA) is 108 Å². The van der Waals surface area contributed by atoms with E-state index < -0.39 is 16.5 Å². The van der Waals surface area contributed by atoms with Gasteiger partial charge in [-0.05, 0) is 70.6 Å². The van der Waals surface area contributed by atoms with Crippen LogP contribution < -0.4 is 10.2 Å². The molecule has 2 atom stereocenters. The molecule has 2 aromatic rings. The lowest BCUT2D eigenvalue weighted by atomic mass is 9.97. The van der Waals surface area contributed by atoms with E-state index in [0.29, 0.717) is 18.2 Å². The highest BCUT2D eigenvalue weighted by Crippen LogP contribution is 2.24. The summed E-state index contributed by atoms with van der Waals surface area (Å²) in [5.41, 5.74) is 1.39. The summed E-state index contributed by atoms with van der Waals surface area (Å²) >= 11 is -1.83. The summed E-state index contributed by atoms with van der Waals surface area (Å²) in [7, 11) is 2.03. The van der Waals surface area contributed by atoms with E-state index in [1.54, 1.807) is 18.3 Å². The van der Waals surface area contributed by atoms with Crippen molar-refractivity contribution in [1.29, 1.82) is 0 Å². The second-order valence-electron chi connectivity index (χ2n) is 10.3. The lowest BCUT2D eigenvalue weighted by Gasteiger charge is -2.34. The first kappa shape index (κ1) is 27.0. The third-order valence-corrected chi connectivity index (χ3v) is 6.92. The average molecular weight is 504 g/mol. The molecule has 1 saturated heterocycles. The van der Waals surface area contributed by atoms with Crippen molar-refractivity contribution in [2.24, 2.45) is 11.3 Å². The molecular weight excluding hydrogens is 466 g/mol. The van der Waals surface area contributed by atoms with E-state index in [1.807, 2.05) is 58.2 Å². The second-order valence-corrected chi connectivity index (χ2v) is 11.6. The van der Waals surface area contributed by atoms with Gasteiger partial charge in [0.25, 0.3) is 0 Å². The Hall–Kier alpha value is -2.56. The van der Waals surface area contributed by atoms with Gasteiger partial charge in [0.05, 0.1) is 10.7 Å². The van der Waals surface area contributed by atoms with Crippen LogP contribution in [0.4, 0.5) is 17.3 Å². The molecular formula is C25H37N5O4S. The highest BCUT2D eigenvalue weighted by atomic mass is 32.2. The molecule has 1 aliphatic heterocycles. The zero-order valence-corrected chi connectivity index (χ0v) is 22.0. The molecule has 0 radical (unpaired) electrons. The molecule has 2 unspecified atom stereocenters. The summed E-state index contributed by atoms with van der Waals surface area (Å²) in [6.45, 7) is 9.67. The fraction of sp³-hybridized carbons (Fsp3) is 0.560. The molecule has 1 aliphatic rings. The first-order valence-electron chi connectivity index (χ1n) is 12.0. The highest BCUT2D eigenvalue weighted by molar-refractivity contribution is 7.79. The Morgan fingerprint density at radius 1 is 1.26 bits per heavy atom. The zero-order valence-electron chi connectivity index (χ0n) is 21.2. The largest absolute Gasteiger partial charge is 0.367 e. The molecule has 35 heavy (non-hydrogen) atoms. The van der Waals surface area contributed by atoms with Gasteiger partial charge in [0.1, 0.15) is 18.0 Å². The highest BCUT2D eigenvalue weighted by Gasteiger charge is 2.28. The van der Waals surface area contributed by atoms with Gasteiger partial charge < -0.3 is 19.6 Å². The standard InChI is InChI=1S/C25H37N5O4S/c1-18(35(32)33)14-19-6-8-21(9-7-19)28-22-15-23(27-17-26-22)29(5)16-20-10-12-30(13-11-20)34-24(31)25(2,3)4/h6-9,15,17-18,20H,10-14,16H2,1-5H3,(H,32,33)(H,26,27,28). The molecule has 2 N–H and O–H groups in total. The first-order chi connectivity index (χ1) is 16.5. The molecule has 9 nitrogen and oxygen atoms in total. The number of rotatable bonds is 9. The van der Waals surface area contributed by atoms with E-state index in [2.05, 4.69) is 20.2 Å². The Kier molecular flexibility index (Phi) is 9.21. The van der Waals surface area contributed by atoms with Crippen molar-refractivity contribution < 1.29 is 18.4 Å². The molecule has 10 heteroatoms. The summed E-state index contributed by atoms with van der Waals surface area (Å²) in [5, 5.41) is 4.78. The van der Waals surface area contributed by atoms with Crippen LogP contribution in [0, 0.1) is 11.3 Å². The molecule has 1 aromatic carbocycles. The van der Waals surface area contributed by atoms with Crippen LogP contribution in [0.15, 0.2) is 36.7 Å². The third-order valence-electron chi connectivity index (χ3n) is 6.07. The maximum absolute atomic E-state index is 12.1. The van der Waals surface area contributed by atoms with Crippen molar-refractivity contribution in [3.8, 4) is 0 Å². The number of aromatic nitrogens is 2. The number of nitrogens with zero attached hydrogens (tertiary/aromatic N) is 4. The summed E-state index contributed by atoms with van der Waals surface area (Å²) < 4.78 is 20.4. The average Bonchev–Trinajstić information content (AvgIpc) is 2.81. The molecule has 0 amide bonds. The van der Waals surface area contributed by atoms with E-state index in [1.165, 1.54) is 0 Å². The Morgan fingerprint density at radius 3 is 2.51 bits per heavy atom. The van der Waals surface area contributed by atoms with Gasteiger partial charge in [-0.25, -0.2) is 19.0 Å². The summed E-state index contributed by atoms with van der Waals surface area (Å²) in [5.74, 6) is 1.82. The number of benzene rings is 1. The number of carbonyl (C=O) groups is 1. The lowest BCUT2D eigenvalue weighted by molar-refractivity contribution is -0.205. The van der Waals surface area contributed by atoms with Gasteiger partial charge in [0, 0.05) is 38.4 Å². The van der Waals surface area contributed by atoms with E-state index >= 15 is 0 Å². The molecule has 0 spiro atoms. The van der Waals surface area contributed by atoms with Crippen molar-refractivity contribution in [3.63, 3.8) is 0 Å². The van der Waals surface area contributed by atoms with Crippen molar-refractivity contribution >= 4 is 34.4 Å². The number of piperidine rings is 1.